The summed E-state index contributed by atoms with van der Waals surface area (Å²) in [5.74, 6) is -0.416. The number of benzene rings is 1. The van der Waals surface area contributed by atoms with Crippen molar-refractivity contribution in [1.29, 1.82) is 0 Å². The minimum atomic E-state index is -0.236. The molecule has 0 atom stereocenters. The quantitative estimate of drug-likeness (QED) is 0.613. The number of amides is 2. The summed E-state index contributed by atoms with van der Waals surface area (Å²) in [6.07, 6.45) is 5.46. The highest BCUT2D eigenvalue weighted by Crippen LogP contribution is 2.25. The van der Waals surface area contributed by atoms with Crippen LogP contribution in [-0.2, 0) is 9.59 Å². The Labute approximate surface area is 112 Å². The second-order valence-electron chi connectivity index (χ2n) is 4.54. The minimum absolute atomic E-state index is 0.158. The van der Waals surface area contributed by atoms with Crippen molar-refractivity contribution < 1.29 is 9.59 Å². The molecule has 2 amide bonds. The topological polar surface area (TPSA) is 40.6 Å². The van der Waals surface area contributed by atoms with Gasteiger partial charge in [0.1, 0.15) is 0 Å². The largest absolute Gasteiger partial charge is 0.383 e. The second-order valence-corrected chi connectivity index (χ2v) is 4.54. The Balaban J connectivity index is 2.22. The third kappa shape index (κ3) is 2.91. The summed E-state index contributed by atoms with van der Waals surface area (Å²) in [5.41, 5.74) is 1.14. The van der Waals surface area contributed by atoms with E-state index >= 15 is 0 Å². The van der Waals surface area contributed by atoms with E-state index in [2.05, 4.69) is 0 Å². The zero-order chi connectivity index (χ0) is 13.8. The molecule has 0 bridgehead atoms. The molecule has 1 heterocycles. The van der Waals surface area contributed by atoms with Gasteiger partial charge in [-0.3, -0.25) is 9.59 Å². The fourth-order valence-electron chi connectivity index (χ4n) is 1.87. The van der Waals surface area contributed by atoms with Crippen LogP contribution in [0.25, 0.3) is 0 Å². The summed E-state index contributed by atoms with van der Waals surface area (Å²) in [5, 5.41) is 0. The predicted molar refractivity (Wildman–Crippen MR) is 74.5 cm³/mol. The summed E-state index contributed by atoms with van der Waals surface area (Å²) < 4.78 is 0. The maximum absolute atomic E-state index is 12.2. The van der Waals surface area contributed by atoms with Gasteiger partial charge in [0, 0.05) is 19.7 Å². The molecule has 0 aliphatic carbocycles. The van der Waals surface area contributed by atoms with Crippen LogP contribution in [0.15, 0.2) is 54.3 Å². The number of imide groups is 1. The molecule has 0 radical (unpaired) electrons. The summed E-state index contributed by atoms with van der Waals surface area (Å²) in [6, 6.07) is 8.99. The van der Waals surface area contributed by atoms with Gasteiger partial charge >= 0.3 is 0 Å². The SMILES string of the molecule is CN(C)/C=C/C=C1/CC(=O)N(c2ccccc2)C1=O. The zero-order valence-electron chi connectivity index (χ0n) is 11.0. The van der Waals surface area contributed by atoms with Gasteiger partial charge in [-0.2, -0.15) is 0 Å². The van der Waals surface area contributed by atoms with Gasteiger partial charge in [0.2, 0.25) is 5.91 Å². The van der Waals surface area contributed by atoms with Crippen molar-refractivity contribution in [2.24, 2.45) is 0 Å². The molecular weight excluding hydrogens is 240 g/mol. The molecule has 0 unspecified atom stereocenters. The van der Waals surface area contributed by atoms with Gasteiger partial charge in [0.25, 0.3) is 5.91 Å². The fraction of sp³-hybridized carbons (Fsp3) is 0.200. The Bertz CT molecular complexity index is 545. The van der Waals surface area contributed by atoms with Crippen LogP contribution in [0.2, 0.25) is 0 Å². The maximum atomic E-state index is 12.2. The molecule has 1 aliphatic rings. The first-order valence-corrected chi connectivity index (χ1v) is 6.05. The van der Waals surface area contributed by atoms with Crippen LogP contribution in [0, 0.1) is 0 Å². The van der Waals surface area contributed by atoms with Crippen molar-refractivity contribution in [2.45, 2.75) is 6.42 Å². The number of hydrogen-bond donors (Lipinski definition) is 0. The number of nitrogens with zero attached hydrogens (tertiary/aromatic N) is 2. The average Bonchev–Trinajstić information content (AvgIpc) is 2.65. The second kappa shape index (κ2) is 5.52. The molecule has 1 saturated heterocycles. The first kappa shape index (κ1) is 13.1. The van der Waals surface area contributed by atoms with E-state index in [0.717, 1.165) is 0 Å². The average molecular weight is 256 g/mol. The number of anilines is 1. The van der Waals surface area contributed by atoms with E-state index in [0.29, 0.717) is 11.3 Å². The van der Waals surface area contributed by atoms with Crippen molar-refractivity contribution in [3.63, 3.8) is 0 Å². The standard InChI is InChI=1S/C15H16N2O2/c1-16(2)10-6-7-12-11-14(18)17(15(12)19)13-8-4-3-5-9-13/h3-10H,11H2,1-2H3/b10-6+,12-7-. The Hall–Kier alpha value is -2.36. The molecule has 0 aromatic heterocycles. The first-order valence-electron chi connectivity index (χ1n) is 6.05. The molecule has 4 heteroatoms. The van der Waals surface area contributed by atoms with E-state index < -0.39 is 0 Å². The van der Waals surface area contributed by atoms with E-state index in [-0.39, 0.29) is 18.2 Å². The molecule has 4 nitrogen and oxygen atoms in total. The highest BCUT2D eigenvalue weighted by molar-refractivity contribution is 6.28. The van der Waals surface area contributed by atoms with Crippen LogP contribution < -0.4 is 4.90 Å². The lowest BCUT2D eigenvalue weighted by Crippen LogP contribution is -2.28. The monoisotopic (exact) mass is 256 g/mol. The lowest BCUT2D eigenvalue weighted by Gasteiger charge is -2.12. The van der Waals surface area contributed by atoms with Crippen molar-refractivity contribution in [2.75, 3.05) is 19.0 Å². The lowest BCUT2D eigenvalue weighted by atomic mass is 10.2. The summed E-state index contributed by atoms with van der Waals surface area (Å²) in [6.45, 7) is 0. The summed E-state index contributed by atoms with van der Waals surface area (Å²) in [4.78, 5) is 27.2. The smallest absolute Gasteiger partial charge is 0.261 e. The van der Waals surface area contributed by atoms with Crippen molar-refractivity contribution in [3.8, 4) is 0 Å². The molecule has 1 aliphatic heterocycles. The van der Waals surface area contributed by atoms with Gasteiger partial charge in [0.15, 0.2) is 0 Å². The minimum Gasteiger partial charge on any atom is -0.383 e. The third-order valence-corrected chi connectivity index (χ3v) is 2.76. The van der Waals surface area contributed by atoms with Gasteiger partial charge in [-0.05, 0) is 24.4 Å². The van der Waals surface area contributed by atoms with Crippen LogP contribution in [0.5, 0.6) is 0 Å². The van der Waals surface area contributed by atoms with Crippen LogP contribution in [0.1, 0.15) is 6.42 Å². The highest BCUT2D eigenvalue weighted by Gasteiger charge is 2.34. The number of carbonyl (C=O) groups is 2. The Morgan fingerprint density at radius 1 is 1.16 bits per heavy atom. The van der Waals surface area contributed by atoms with Crippen LogP contribution in [-0.4, -0.2) is 30.8 Å². The van der Waals surface area contributed by atoms with Gasteiger partial charge in [-0.25, -0.2) is 4.90 Å². The zero-order valence-corrected chi connectivity index (χ0v) is 11.0. The normalized spacial score (nSPS) is 17.8. The van der Waals surface area contributed by atoms with Crippen molar-refractivity contribution in [3.05, 3.63) is 54.3 Å². The molecule has 1 fully saturated rings. The molecule has 2 rings (SSSR count). The molecule has 1 aromatic carbocycles. The summed E-state index contributed by atoms with van der Waals surface area (Å²) >= 11 is 0. The van der Waals surface area contributed by atoms with E-state index in [4.69, 9.17) is 0 Å². The third-order valence-electron chi connectivity index (χ3n) is 2.76. The van der Waals surface area contributed by atoms with Gasteiger partial charge in [0.05, 0.1) is 12.1 Å². The van der Waals surface area contributed by atoms with E-state index in [1.54, 1.807) is 24.3 Å². The van der Waals surface area contributed by atoms with Gasteiger partial charge in [-0.1, -0.05) is 24.3 Å². The number of rotatable bonds is 3. The van der Waals surface area contributed by atoms with Gasteiger partial charge in [-0.15, -0.1) is 0 Å². The number of hydrogen-bond acceptors (Lipinski definition) is 3. The summed E-state index contributed by atoms with van der Waals surface area (Å²) in [7, 11) is 3.79. The first-order chi connectivity index (χ1) is 9.09. The molecular formula is C15H16N2O2. The van der Waals surface area contributed by atoms with Crippen LogP contribution >= 0.6 is 0 Å². The molecule has 19 heavy (non-hydrogen) atoms. The van der Waals surface area contributed by atoms with Crippen LogP contribution in [0.3, 0.4) is 0 Å². The van der Waals surface area contributed by atoms with E-state index in [1.165, 1.54) is 4.90 Å². The Morgan fingerprint density at radius 2 is 1.84 bits per heavy atom. The molecule has 0 N–H and O–H groups in total. The van der Waals surface area contributed by atoms with Crippen molar-refractivity contribution >= 4 is 17.5 Å². The number of allylic oxidation sites excluding steroid dienone is 2. The Kier molecular flexibility index (Phi) is 3.80. The molecule has 1 aromatic rings. The Morgan fingerprint density at radius 3 is 2.47 bits per heavy atom. The molecule has 0 spiro atoms. The van der Waals surface area contributed by atoms with E-state index in [9.17, 15) is 9.59 Å². The number of para-hydroxylation sites is 1. The predicted octanol–water partition coefficient (Wildman–Crippen LogP) is 1.95. The molecule has 0 saturated carbocycles. The van der Waals surface area contributed by atoms with Crippen LogP contribution in [0.4, 0.5) is 5.69 Å². The molecule has 98 valence electrons. The fourth-order valence-corrected chi connectivity index (χ4v) is 1.87. The van der Waals surface area contributed by atoms with Gasteiger partial charge < -0.3 is 4.90 Å². The maximum Gasteiger partial charge on any atom is 0.261 e. The van der Waals surface area contributed by atoms with Crippen molar-refractivity contribution in [1.82, 2.24) is 4.90 Å². The lowest BCUT2D eigenvalue weighted by molar-refractivity contribution is -0.120. The highest BCUT2D eigenvalue weighted by atomic mass is 16.2. The number of carbonyl (C=O) groups excluding carboxylic acids is 2. The van der Waals surface area contributed by atoms with E-state index in [1.807, 2.05) is 43.4 Å².